The zero-order chi connectivity index (χ0) is 14.8. The SMILES string of the molecule is O=C(O)c1ccc(Oc2cnc3ccccc3c2)cc1Cl. The molecule has 0 aliphatic rings. The summed E-state index contributed by atoms with van der Waals surface area (Å²) in [7, 11) is 0. The third kappa shape index (κ3) is 2.80. The summed E-state index contributed by atoms with van der Waals surface area (Å²) in [5.41, 5.74) is 0.921. The molecule has 3 rings (SSSR count). The monoisotopic (exact) mass is 299 g/mol. The van der Waals surface area contributed by atoms with Gasteiger partial charge in [0, 0.05) is 11.5 Å². The van der Waals surface area contributed by atoms with Gasteiger partial charge in [0.05, 0.1) is 22.3 Å². The molecule has 0 spiro atoms. The van der Waals surface area contributed by atoms with E-state index >= 15 is 0 Å². The first-order chi connectivity index (χ1) is 10.1. The lowest BCUT2D eigenvalue weighted by Gasteiger charge is -2.07. The van der Waals surface area contributed by atoms with E-state index in [1.807, 2.05) is 30.3 Å². The fraction of sp³-hybridized carbons (Fsp3) is 0. The van der Waals surface area contributed by atoms with E-state index in [9.17, 15) is 4.79 Å². The molecule has 0 atom stereocenters. The summed E-state index contributed by atoms with van der Waals surface area (Å²) in [5.74, 6) is -0.0474. The molecule has 0 radical (unpaired) electrons. The highest BCUT2D eigenvalue weighted by atomic mass is 35.5. The van der Waals surface area contributed by atoms with Gasteiger partial charge in [-0.05, 0) is 24.3 Å². The molecule has 1 heterocycles. The number of nitrogens with zero attached hydrogens (tertiary/aromatic N) is 1. The van der Waals surface area contributed by atoms with Crippen LogP contribution in [0.15, 0.2) is 54.7 Å². The Labute approximate surface area is 125 Å². The number of aromatic carboxylic acids is 1. The van der Waals surface area contributed by atoms with Gasteiger partial charge >= 0.3 is 5.97 Å². The van der Waals surface area contributed by atoms with E-state index in [0.717, 1.165) is 10.9 Å². The van der Waals surface area contributed by atoms with Crippen LogP contribution in [0.2, 0.25) is 5.02 Å². The number of aromatic nitrogens is 1. The Morgan fingerprint density at radius 3 is 2.67 bits per heavy atom. The van der Waals surface area contributed by atoms with Gasteiger partial charge in [0.2, 0.25) is 0 Å². The minimum atomic E-state index is -1.07. The summed E-state index contributed by atoms with van der Waals surface area (Å²) in [6.07, 6.45) is 1.61. The fourth-order valence-corrected chi connectivity index (χ4v) is 2.23. The van der Waals surface area contributed by atoms with Crippen molar-refractivity contribution in [2.24, 2.45) is 0 Å². The van der Waals surface area contributed by atoms with Crippen LogP contribution < -0.4 is 4.74 Å². The number of hydrogen-bond acceptors (Lipinski definition) is 3. The molecule has 0 aliphatic carbocycles. The molecule has 1 N–H and O–H groups in total. The average Bonchev–Trinajstić information content (AvgIpc) is 2.47. The fourth-order valence-electron chi connectivity index (χ4n) is 1.98. The molecule has 0 amide bonds. The van der Waals surface area contributed by atoms with Gasteiger partial charge in [0.25, 0.3) is 0 Å². The minimum absolute atomic E-state index is 0.0423. The first-order valence-corrected chi connectivity index (χ1v) is 6.57. The van der Waals surface area contributed by atoms with Crippen molar-refractivity contribution in [3.05, 3.63) is 65.3 Å². The van der Waals surface area contributed by atoms with Gasteiger partial charge in [-0.25, -0.2) is 4.79 Å². The number of ether oxygens (including phenoxy) is 1. The van der Waals surface area contributed by atoms with Crippen molar-refractivity contribution in [1.29, 1.82) is 0 Å². The number of rotatable bonds is 3. The Balaban J connectivity index is 1.91. The predicted molar refractivity (Wildman–Crippen MR) is 80.2 cm³/mol. The molecule has 0 unspecified atom stereocenters. The molecule has 5 heteroatoms. The van der Waals surface area contributed by atoms with Crippen molar-refractivity contribution in [1.82, 2.24) is 4.98 Å². The van der Waals surface area contributed by atoms with Crippen LogP contribution in [0, 0.1) is 0 Å². The second-order valence-corrected chi connectivity index (χ2v) is 4.82. The Kier molecular flexibility index (Phi) is 3.46. The lowest BCUT2D eigenvalue weighted by atomic mass is 10.2. The molecule has 0 aliphatic heterocycles. The smallest absolute Gasteiger partial charge is 0.337 e. The lowest BCUT2D eigenvalue weighted by molar-refractivity contribution is 0.0697. The maximum Gasteiger partial charge on any atom is 0.337 e. The first-order valence-electron chi connectivity index (χ1n) is 6.19. The number of hydrogen-bond donors (Lipinski definition) is 1. The van der Waals surface area contributed by atoms with Gasteiger partial charge in [-0.2, -0.15) is 0 Å². The molecule has 104 valence electrons. The van der Waals surface area contributed by atoms with Crippen molar-refractivity contribution in [3.8, 4) is 11.5 Å². The molecule has 0 saturated heterocycles. The zero-order valence-corrected chi connectivity index (χ0v) is 11.5. The van der Waals surface area contributed by atoms with E-state index in [1.165, 1.54) is 12.1 Å². The molecule has 1 aromatic heterocycles. The molecule has 0 saturated carbocycles. The number of benzene rings is 2. The van der Waals surface area contributed by atoms with Crippen molar-refractivity contribution < 1.29 is 14.6 Å². The summed E-state index contributed by atoms with van der Waals surface area (Å²) >= 11 is 5.91. The van der Waals surface area contributed by atoms with Crippen molar-refractivity contribution >= 4 is 28.5 Å². The molecular formula is C16H10ClNO3. The predicted octanol–water partition coefficient (Wildman–Crippen LogP) is 4.38. The maximum atomic E-state index is 10.9. The quantitative estimate of drug-likeness (QED) is 0.779. The van der Waals surface area contributed by atoms with Crippen molar-refractivity contribution in [3.63, 3.8) is 0 Å². The van der Waals surface area contributed by atoms with Gasteiger partial charge in [0.1, 0.15) is 11.5 Å². The van der Waals surface area contributed by atoms with Crippen LogP contribution in [-0.2, 0) is 0 Å². The molecule has 3 aromatic rings. The number of carboxylic acids is 1. The van der Waals surface area contributed by atoms with Crippen LogP contribution >= 0.6 is 11.6 Å². The van der Waals surface area contributed by atoms with Crippen molar-refractivity contribution in [2.45, 2.75) is 0 Å². The summed E-state index contributed by atoms with van der Waals surface area (Å²) in [6.45, 7) is 0. The van der Waals surface area contributed by atoms with Gasteiger partial charge in [-0.15, -0.1) is 0 Å². The van der Waals surface area contributed by atoms with Crippen LogP contribution in [0.5, 0.6) is 11.5 Å². The number of carboxylic acid groups (broad SMARTS) is 1. The van der Waals surface area contributed by atoms with Gasteiger partial charge in [0.15, 0.2) is 0 Å². The molecular weight excluding hydrogens is 290 g/mol. The Morgan fingerprint density at radius 1 is 1.10 bits per heavy atom. The number of para-hydroxylation sites is 1. The standard InChI is InChI=1S/C16H10ClNO3/c17-14-8-11(5-6-13(14)16(19)20)21-12-7-10-3-1-2-4-15(10)18-9-12/h1-9H,(H,19,20). The molecule has 21 heavy (non-hydrogen) atoms. The molecule has 4 nitrogen and oxygen atoms in total. The number of halogens is 1. The highest BCUT2D eigenvalue weighted by molar-refractivity contribution is 6.33. The van der Waals surface area contributed by atoms with E-state index in [0.29, 0.717) is 11.5 Å². The van der Waals surface area contributed by atoms with Crippen molar-refractivity contribution in [2.75, 3.05) is 0 Å². The summed E-state index contributed by atoms with van der Waals surface area (Å²) in [4.78, 5) is 15.2. The molecule has 2 aromatic carbocycles. The third-order valence-electron chi connectivity index (χ3n) is 2.97. The summed E-state index contributed by atoms with van der Waals surface area (Å²) in [5, 5.41) is 10.0. The highest BCUT2D eigenvalue weighted by Crippen LogP contribution is 2.28. The number of pyridine rings is 1. The van der Waals surface area contributed by atoms with Gasteiger partial charge < -0.3 is 9.84 Å². The minimum Gasteiger partial charge on any atom is -0.478 e. The van der Waals surface area contributed by atoms with Gasteiger partial charge in [-0.3, -0.25) is 4.98 Å². The van der Waals surface area contributed by atoms with E-state index in [2.05, 4.69) is 4.98 Å². The zero-order valence-electron chi connectivity index (χ0n) is 10.8. The number of fused-ring (bicyclic) bond motifs is 1. The molecule has 0 fully saturated rings. The van der Waals surface area contributed by atoms with Crippen LogP contribution in [0.3, 0.4) is 0 Å². The van der Waals surface area contributed by atoms with Crippen LogP contribution in [0.1, 0.15) is 10.4 Å². The van der Waals surface area contributed by atoms with E-state index in [-0.39, 0.29) is 10.6 Å². The normalized spacial score (nSPS) is 10.5. The van der Waals surface area contributed by atoms with Crippen LogP contribution in [-0.4, -0.2) is 16.1 Å². The first kappa shape index (κ1) is 13.4. The van der Waals surface area contributed by atoms with E-state index < -0.39 is 5.97 Å². The van der Waals surface area contributed by atoms with Crippen LogP contribution in [0.25, 0.3) is 10.9 Å². The highest BCUT2D eigenvalue weighted by Gasteiger charge is 2.10. The summed E-state index contributed by atoms with van der Waals surface area (Å²) < 4.78 is 5.66. The van der Waals surface area contributed by atoms with Gasteiger partial charge in [-0.1, -0.05) is 29.8 Å². The Morgan fingerprint density at radius 2 is 1.90 bits per heavy atom. The van der Waals surface area contributed by atoms with E-state index in [4.69, 9.17) is 21.4 Å². The maximum absolute atomic E-state index is 10.9. The second kappa shape index (κ2) is 5.42. The Bertz CT molecular complexity index is 833. The summed E-state index contributed by atoms with van der Waals surface area (Å²) in [6, 6.07) is 14.0. The average molecular weight is 300 g/mol. The third-order valence-corrected chi connectivity index (χ3v) is 3.28. The van der Waals surface area contributed by atoms with E-state index in [1.54, 1.807) is 12.3 Å². The Hall–Kier alpha value is -2.59. The molecule has 0 bridgehead atoms. The second-order valence-electron chi connectivity index (χ2n) is 4.41. The van der Waals surface area contributed by atoms with Crippen LogP contribution in [0.4, 0.5) is 0 Å². The topological polar surface area (TPSA) is 59.4 Å². The number of carbonyl (C=O) groups is 1. The largest absolute Gasteiger partial charge is 0.478 e. The lowest BCUT2D eigenvalue weighted by Crippen LogP contribution is -1.97.